The number of β-amino-alcohol motifs (C(OH)–C–C–N with tert-alkyl or cyclic N) is 1. The SMILES string of the molecule is Cc1cc(C)n(Cc2cccc(-c3noc([C@@](C)(O)CN4Cc5ccccc5C4=O)n3)c2)n1. The molecule has 2 aromatic carbocycles. The molecule has 1 N–H and O–H groups in total. The van der Waals surface area contributed by atoms with Gasteiger partial charge in [-0.1, -0.05) is 41.6 Å². The molecule has 4 aromatic rings. The Balaban J connectivity index is 1.34. The maximum atomic E-state index is 12.7. The summed E-state index contributed by atoms with van der Waals surface area (Å²) < 4.78 is 7.37. The summed E-state index contributed by atoms with van der Waals surface area (Å²) in [6.45, 7) is 6.72. The summed E-state index contributed by atoms with van der Waals surface area (Å²) in [5, 5.41) is 19.7. The van der Waals surface area contributed by atoms with Crippen LogP contribution in [0.5, 0.6) is 0 Å². The van der Waals surface area contributed by atoms with Crippen molar-refractivity contribution in [3.63, 3.8) is 0 Å². The minimum atomic E-state index is -1.48. The van der Waals surface area contributed by atoms with Crippen molar-refractivity contribution in [1.29, 1.82) is 0 Å². The van der Waals surface area contributed by atoms with E-state index in [-0.39, 0.29) is 18.3 Å². The number of aliphatic hydroxyl groups is 1. The molecule has 8 nitrogen and oxygen atoms in total. The van der Waals surface area contributed by atoms with Crippen LogP contribution in [0.4, 0.5) is 0 Å². The number of fused-ring (bicyclic) bond motifs is 1. The molecular weight excluding hydrogens is 418 g/mol. The van der Waals surface area contributed by atoms with Gasteiger partial charge in [-0.25, -0.2) is 0 Å². The molecule has 0 spiro atoms. The zero-order valence-electron chi connectivity index (χ0n) is 18.8. The molecule has 1 amide bonds. The standard InChI is InChI=1S/C25H25N5O3/c1-16-11-17(2)30(27-16)13-18-7-6-9-19(12-18)22-26-24(33-28-22)25(3,32)15-29-14-20-8-4-5-10-21(20)23(29)31/h4-12,32H,13-15H2,1-3H3/t25-/m0/s1. The second-order valence-electron chi connectivity index (χ2n) is 8.80. The first kappa shape index (κ1) is 21.1. The van der Waals surface area contributed by atoms with Gasteiger partial charge in [0.25, 0.3) is 11.8 Å². The number of carbonyl (C=O) groups is 1. The smallest absolute Gasteiger partial charge is 0.260 e. The molecule has 0 fully saturated rings. The summed E-state index contributed by atoms with van der Waals surface area (Å²) in [4.78, 5) is 18.7. The zero-order chi connectivity index (χ0) is 23.2. The van der Waals surface area contributed by atoms with Crippen molar-refractivity contribution in [2.24, 2.45) is 0 Å². The molecule has 33 heavy (non-hydrogen) atoms. The number of rotatable bonds is 6. The fourth-order valence-corrected chi connectivity index (χ4v) is 4.26. The lowest BCUT2D eigenvalue weighted by Crippen LogP contribution is -2.39. The van der Waals surface area contributed by atoms with Gasteiger partial charge in [-0.05, 0) is 50.1 Å². The predicted octanol–water partition coefficient (Wildman–Crippen LogP) is 3.46. The van der Waals surface area contributed by atoms with E-state index >= 15 is 0 Å². The van der Waals surface area contributed by atoms with E-state index in [2.05, 4.69) is 15.2 Å². The van der Waals surface area contributed by atoms with Crippen LogP contribution in [0.2, 0.25) is 0 Å². The molecule has 0 radical (unpaired) electrons. The van der Waals surface area contributed by atoms with Crippen molar-refractivity contribution in [2.45, 2.75) is 39.5 Å². The van der Waals surface area contributed by atoms with Crippen LogP contribution >= 0.6 is 0 Å². The summed E-state index contributed by atoms with van der Waals surface area (Å²) in [6.07, 6.45) is 0. The molecule has 1 aliphatic heterocycles. The number of benzene rings is 2. The monoisotopic (exact) mass is 443 g/mol. The van der Waals surface area contributed by atoms with Crippen molar-refractivity contribution in [3.05, 3.63) is 88.6 Å². The fourth-order valence-electron chi connectivity index (χ4n) is 4.26. The van der Waals surface area contributed by atoms with E-state index in [0.717, 1.165) is 28.1 Å². The minimum Gasteiger partial charge on any atom is -0.378 e. The van der Waals surface area contributed by atoms with Gasteiger partial charge >= 0.3 is 0 Å². The lowest BCUT2D eigenvalue weighted by molar-refractivity contribution is -0.00754. The highest BCUT2D eigenvalue weighted by Gasteiger charge is 2.37. The summed E-state index contributed by atoms with van der Waals surface area (Å²) in [7, 11) is 0. The van der Waals surface area contributed by atoms with Crippen molar-refractivity contribution >= 4 is 5.91 Å². The van der Waals surface area contributed by atoms with E-state index in [0.29, 0.717) is 24.5 Å². The summed E-state index contributed by atoms with van der Waals surface area (Å²) in [5.41, 5.74) is 4.04. The molecule has 0 unspecified atom stereocenters. The van der Waals surface area contributed by atoms with Gasteiger partial charge < -0.3 is 14.5 Å². The lowest BCUT2D eigenvalue weighted by Gasteiger charge is -2.25. The number of aryl methyl sites for hydroxylation is 2. The molecule has 0 saturated heterocycles. The van der Waals surface area contributed by atoms with Crippen LogP contribution < -0.4 is 0 Å². The van der Waals surface area contributed by atoms with Gasteiger partial charge in [-0.3, -0.25) is 9.48 Å². The zero-order valence-corrected chi connectivity index (χ0v) is 18.8. The number of aromatic nitrogens is 4. The number of amides is 1. The first-order chi connectivity index (χ1) is 15.8. The van der Waals surface area contributed by atoms with E-state index in [1.807, 2.05) is 67.1 Å². The first-order valence-electron chi connectivity index (χ1n) is 10.8. The normalized spacial score (nSPS) is 15.0. The average Bonchev–Trinajstić information content (AvgIpc) is 3.48. The molecule has 0 saturated carbocycles. The average molecular weight is 444 g/mol. The molecule has 168 valence electrons. The summed E-state index contributed by atoms with van der Waals surface area (Å²) in [5.74, 6) is 0.351. The lowest BCUT2D eigenvalue weighted by atomic mass is 10.1. The van der Waals surface area contributed by atoms with E-state index in [1.165, 1.54) is 0 Å². The van der Waals surface area contributed by atoms with E-state index in [9.17, 15) is 9.90 Å². The van der Waals surface area contributed by atoms with Gasteiger partial charge in [0.2, 0.25) is 5.82 Å². The summed E-state index contributed by atoms with van der Waals surface area (Å²) >= 11 is 0. The molecule has 1 aliphatic rings. The van der Waals surface area contributed by atoms with Gasteiger partial charge in [-0.2, -0.15) is 10.1 Å². The fraction of sp³-hybridized carbons (Fsp3) is 0.280. The Labute approximate surface area is 191 Å². The molecule has 1 atom stereocenters. The van der Waals surface area contributed by atoms with Crippen LogP contribution in [-0.2, 0) is 18.7 Å². The van der Waals surface area contributed by atoms with Gasteiger partial charge in [0.15, 0.2) is 5.60 Å². The van der Waals surface area contributed by atoms with Gasteiger partial charge in [0, 0.05) is 23.4 Å². The Kier molecular flexibility index (Phi) is 5.09. The number of hydrogen-bond acceptors (Lipinski definition) is 6. The van der Waals surface area contributed by atoms with Crippen LogP contribution in [0.25, 0.3) is 11.4 Å². The maximum Gasteiger partial charge on any atom is 0.260 e. The molecule has 2 aromatic heterocycles. The molecule has 0 bridgehead atoms. The third-order valence-electron chi connectivity index (χ3n) is 5.90. The largest absolute Gasteiger partial charge is 0.378 e. The van der Waals surface area contributed by atoms with E-state index < -0.39 is 5.60 Å². The Morgan fingerprint density at radius 2 is 1.94 bits per heavy atom. The van der Waals surface area contributed by atoms with Gasteiger partial charge in [0.1, 0.15) is 0 Å². The van der Waals surface area contributed by atoms with Gasteiger partial charge in [0.05, 0.1) is 18.8 Å². The Hall–Kier alpha value is -3.78. The second-order valence-corrected chi connectivity index (χ2v) is 8.80. The quantitative estimate of drug-likeness (QED) is 0.490. The van der Waals surface area contributed by atoms with Crippen LogP contribution in [0.15, 0.2) is 59.1 Å². The summed E-state index contributed by atoms with van der Waals surface area (Å²) in [6, 6.07) is 17.4. The van der Waals surface area contributed by atoms with Crippen LogP contribution in [-0.4, -0.2) is 42.4 Å². The highest BCUT2D eigenvalue weighted by molar-refractivity contribution is 5.98. The third-order valence-corrected chi connectivity index (χ3v) is 5.90. The van der Waals surface area contributed by atoms with Crippen molar-refractivity contribution in [2.75, 3.05) is 6.54 Å². The minimum absolute atomic E-state index is 0.0557. The van der Waals surface area contributed by atoms with Crippen LogP contribution in [0, 0.1) is 13.8 Å². The van der Waals surface area contributed by atoms with Crippen LogP contribution in [0.1, 0.15) is 45.7 Å². The highest BCUT2D eigenvalue weighted by Crippen LogP contribution is 2.29. The Morgan fingerprint density at radius 1 is 1.12 bits per heavy atom. The highest BCUT2D eigenvalue weighted by atomic mass is 16.5. The topological polar surface area (TPSA) is 97.3 Å². The Morgan fingerprint density at radius 3 is 2.70 bits per heavy atom. The number of carbonyl (C=O) groups excluding carboxylic acids is 1. The van der Waals surface area contributed by atoms with Crippen LogP contribution in [0.3, 0.4) is 0 Å². The van der Waals surface area contributed by atoms with E-state index in [4.69, 9.17) is 4.52 Å². The predicted molar refractivity (Wildman–Crippen MR) is 121 cm³/mol. The van der Waals surface area contributed by atoms with Crippen molar-refractivity contribution in [1.82, 2.24) is 24.8 Å². The van der Waals surface area contributed by atoms with Gasteiger partial charge in [-0.15, -0.1) is 0 Å². The number of nitrogens with zero attached hydrogens (tertiary/aromatic N) is 5. The first-order valence-corrected chi connectivity index (χ1v) is 10.8. The van der Waals surface area contributed by atoms with Crippen molar-refractivity contribution in [3.8, 4) is 11.4 Å². The second kappa shape index (κ2) is 7.97. The molecular formula is C25H25N5O3. The maximum absolute atomic E-state index is 12.7. The van der Waals surface area contributed by atoms with E-state index in [1.54, 1.807) is 17.9 Å². The molecule has 5 rings (SSSR count). The molecule has 0 aliphatic carbocycles. The molecule has 8 heteroatoms. The Bertz CT molecular complexity index is 1340. The molecule has 3 heterocycles. The third kappa shape index (κ3) is 4.05. The number of hydrogen-bond donors (Lipinski definition) is 1. The van der Waals surface area contributed by atoms with Crippen molar-refractivity contribution < 1.29 is 14.4 Å².